The highest BCUT2D eigenvalue weighted by Gasteiger charge is 2.36. The predicted molar refractivity (Wildman–Crippen MR) is 92.9 cm³/mol. The fourth-order valence-corrected chi connectivity index (χ4v) is 4.04. The molecular weight excluding hydrogens is 300 g/mol. The summed E-state index contributed by atoms with van der Waals surface area (Å²) in [5, 5.41) is 10.7. The van der Waals surface area contributed by atoms with Crippen LogP contribution in [0, 0.1) is 0 Å². The quantitative estimate of drug-likeness (QED) is 0.891. The zero-order valence-electron chi connectivity index (χ0n) is 14.1. The number of hydrogen-bond donors (Lipinski definition) is 2. The zero-order chi connectivity index (χ0) is 16.6. The summed E-state index contributed by atoms with van der Waals surface area (Å²) in [5.41, 5.74) is 4.10. The van der Waals surface area contributed by atoms with E-state index in [1.54, 1.807) is 0 Å². The lowest BCUT2D eigenvalue weighted by molar-refractivity contribution is 0.0643. The van der Waals surface area contributed by atoms with E-state index in [0.717, 1.165) is 56.7 Å². The number of likely N-dealkylation sites (tertiary alicyclic amines) is 1. The number of fused-ring (bicyclic) bond motifs is 1. The molecule has 5 nitrogen and oxygen atoms in total. The van der Waals surface area contributed by atoms with Crippen LogP contribution in [0.25, 0.3) is 0 Å². The number of piperidine rings is 1. The molecule has 0 spiro atoms. The monoisotopic (exact) mass is 324 g/mol. The normalized spacial score (nSPS) is 23.8. The van der Waals surface area contributed by atoms with Gasteiger partial charge in [0, 0.05) is 49.3 Å². The standard InChI is InChI=1S/C19H24N4O/c1-19(14-6-3-2-4-7-14)9-5-11-23(13-19)18(24)17-15-12-20-10-8-16(15)21-22-17/h2-4,6-7,20H,5,8-13H2,1H3,(H,21,22). The van der Waals surface area contributed by atoms with E-state index in [2.05, 4.69) is 46.7 Å². The van der Waals surface area contributed by atoms with Gasteiger partial charge in [0.2, 0.25) is 0 Å². The number of hydrogen-bond acceptors (Lipinski definition) is 3. The third-order valence-corrected chi connectivity index (χ3v) is 5.46. The molecule has 1 saturated heterocycles. The number of nitrogens with one attached hydrogen (secondary N) is 2. The molecule has 1 amide bonds. The van der Waals surface area contributed by atoms with Crippen LogP contribution in [0.5, 0.6) is 0 Å². The van der Waals surface area contributed by atoms with E-state index in [0.29, 0.717) is 5.69 Å². The first-order valence-corrected chi connectivity index (χ1v) is 8.79. The van der Waals surface area contributed by atoms with Crippen LogP contribution in [0.3, 0.4) is 0 Å². The molecule has 2 aliphatic rings. The first kappa shape index (κ1) is 15.4. The Kier molecular flexibility index (Phi) is 3.88. The van der Waals surface area contributed by atoms with Crippen LogP contribution in [-0.2, 0) is 18.4 Å². The minimum absolute atomic E-state index is 0.0176. The zero-order valence-corrected chi connectivity index (χ0v) is 14.1. The van der Waals surface area contributed by atoms with Crippen molar-refractivity contribution in [3.05, 3.63) is 52.8 Å². The van der Waals surface area contributed by atoms with E-state index in [4.69, 9.17) is 0 Å². The molecule has 2 aromatic rings. The predicted octanol–water partition coefficient (Wildman–Crippen LogP) is 2.25. The highest BCUT2D eigenvalue weighted by atomic mass is 16.2. The maximum atomic E-state index is 13.1. The van der Waals surface area contributed by atoms with Crippen molar-refractivity contribution in [3.8, 4) is 0 Å². The Morgan fingerprint density at radius 2 is 2.12 bits per heavy atom. The van der Waals surface area contributed by atoms with E-state index >= 15 is 0 Å². The Hall–Kier alpha value is -2.14. The van der Waals surface area contributed by atoms with Gasteiger partial charge in [-0.15, -0.1) is 0 Å². The summed E-state index contributed by atoms with van der Waals surface area (Å²) in [6.45, 7) is 5.51. The van der Waals surface area contributed by atoms with Crippen molar-refractivity contribution in [1.82, 2.24) is 20.4 Å². The van der Waals surface area contributed by atoms with Gasteiger partial charge in [-0.3, -0.25) is 9.89 Å². The van der Waals surface area contributed by atoms with Crippen LogP contribution in [0.1, 0.15) is 47.1 Å². The third-order valence-electron chi connectivity index (χ3n) is 5.46. The molecule has 2 aliphatic heterocycles. The highest BCUT2D eigenvalue weighted by Crippen LogP contribution is 2.34. The molecule has 1 atom stereocenters. The molecule has 0 bridgehead atoms. The van der Waals surface area contributed by atoms with Gasteiger partial charge in [-0.2, -0.15) is 5.10 Å². The molecular formula is C19H24N4O. The Morgan fingerprint density at radius 3 is 2.96 bits per heavy atom. The van der Waals surface area contributed by atoms with Gasteiger partial charge >= 0.3 is 0 Å². The number of amides is 1. The molecule has 0 radical (unpaired) electrons. The fraction of sp³-hybridized carbons (Fsp3) is 0.474. The average molecular weight is 324 g/mol. The van der Waals surface area contributed by atoms with Crippen LogP contribution in [0.4, 0.5) is 0 Å². The number of aromatic amines is 1. The fourth-order valence-electron chi connectivity index (χ4n) is 4.04. The van der Waals surface area contributed by atoms with Gasteiger partial charge in [-0.1, -0.05) is 37.3 Å². The van der Waals surface area contributed by atoms with E-state index in [1.807, 2.05) is 11.0 Å². The molecule has 126 valence electrons. The summed E-state index contributed by atoms with van der Waals surface area (Å²) >= 11 is 0. The van der Waals surface area contributed by atoms with Crippen molar-refractivity contribution in [2.45, 2.75) is 38.1 Å². The van der Waals surface area contributed by atoms with Crippen molar-refractivity contribution in [3.63, 3.8) is 0 Å². The Bertz CT molecular complexity index is 739. The summed E-state index contributed by atoms with van der Waals surface area (Å²) < 4.78 is 0. The van der Waals surface area contributed by atoms with E-state index in [-0.39, 0.29) is 11.3 Å². The number of nitrogens with zero attached hydrogens (tertiary/aromatic N) is 2. The maximum Gasteiger partial charge on any atom is 0.274 e. The number of carbonyl (C=O) groups excluding carboxylic acids is 1. The lowest BCUT2D eigenvalue weighted by Crippen LogP contribution is -2.47. The second-order valence-electron chi connectivity index (χ2n) is 7.21. The van der Waals surface area contributed by atoms with Crippen molar-refractivity contribution < 1.29 is 4.79 Å². The van der Waals surface area contributed by atoms with Gasteiger partial charge in [0.05, 0.1) is 0 Å². The van der Waals surface area contributed by atoms with E-state index in [9.17, 15) is 4.79 Å². The summed E-state index contributed by atoms with van der Waals surface area (Å²) in [6.07, 6.45) is 3.06. The van der Waals surface area contributed by atoms with Gasteiger partial charge in [-0.05, 0) is 18.4 Å². The lowest BCUT2D eigenvalue weighted by atomic mass is 9.76. The Balaban J connectivity index is 1.58. The second kappa shape index (κ2) is 6.06. The van der Waals surface area contributed by atoms with Gasteiger partial charge in [-0.25, -0.2) is 0 Å². The molecule has 2 N–H and O–H groups in total. The van der Waals surface area contributed by atoms with Crippen LogP contribution < -0.4 is 5.32 Å². The lowest BCUT2D eigenvalue weighted by Gasteiger charge is -2.40. The number of rotatable bonds is 2. The first-order valence-electron chi connectivity index (χ1n) is 8.79. The second-order valence-corrected chi connectivity index (χ2v) is 7.21. The summed E-state index contributed by atoms with van der Waals surface area (Å²) in [4.78, 5) is 15.1. The van der Waals surface area contributed by atoms with Crippen LogP contribution in [0.2, 0.25) is 0 Å². The molecule has 3 heterocycles. The molecule has 0 aliphatic carbocycles. The van der Waals surface area contributed by atoms with Crippen molar-refractivity contribution >= 4 is 5.91 Å². The van der Waals surface area contributed by atoms with Crippen LogP contribution in [-0.4, -0.2) is 40.6 Å². The number of aromatic nitrogens is 2. The maximum absolute atomic E-state index is 13.1. The Labute approximate surface area is 142 Å². The molecule has 4 rings (SSSR count). The Morgan fingerprint density at radius 1 is 1.29 bits per heavy atom. The minimum Gasteiger partial charge on any atom is -0.336 e. The number of carbonyl (C=O) groups is 1. The number of benzene rings is 1. The molecule has 1 fully saturated rings. The molecule has 0 saturated carbocycles. The highest BCUT2D eigenvalue weighted by molar-refractivity contribution is 5.94. The number of H-pyrrole nitrogens is 1. The largest absolute Gasteiger partial charge is 0.336 e. The van der Waals surface area contributed by atoms with Crippen molar-refractivity contribution in [2.24, 2.45) is 0 Å². The molecule has 24 heavy (non-hydrogen) atoms. The van der Waals surface area contributed by atoms with Crippen molar-refractivity contribution in [1.29, 1.82) is 0 Å². The molecule has 1 aromatic heterocycles. The van der Waals surface area contributed by atoms with Gasteiger partial charge in [0.15, 0.2) is 5.69 Å². The summed E-state index contributed by atoms with van der Waals surface area (Å²) in [6, 6.07) is 10.6. The van der Waals surface area contributed by atoms with Gasteiger partial charge in [0.1, 0.15) is 0 Å². The first-order chi connectivity index (χ1) is 11.7. The average Bonchev–Trinajstić information content (AvgIpc) is 3.06. The smallest absolute Gasteiger partial charge is 0.274 e. The van der Waals surface area contributed by atoms with Gasteiger partial charge < -0.3 is 10.2 Å². The molecule has 1 aromatic carbocycles. The SMILES string of the molecule is CC1(c2ccccc2)CCCN(C(=O)c2n[nH]c3c2CNCC3)C1. The minimum atomic E-state index is 0.0176. The third kappa shape index (κ3) is 2.63. The van der Waals surface area contributed by atoms with Crippen LogP contribution >= 0.6 is 0 Å². The molecule has 5 heteroatoms. The van der Waals surface area contributed by atoms with Gasteiger partial charge in [0.25, 0.3) is 5.91 Å². The van der Waals surface area contributed by atoms with Crippen LogP contribution in [0.15, 0.2) is 30.3 Å². The molecule has 1 unspecified atom stereocenters. The topological polar surface area (TPSA) is 61.0 Å². The van der Waals surface area contributed by atoms with E-state index < -0.39 is 0 Å². The summed E-state index contributed by atoms with van der Waals surface area (Å²) in [5.74, 6) is 0.0676. The summed E-state index contributed by atoms with van der Waals surface area (Å²) in [7, 11) is 0. The van der Waals surface area contributed by atoms with Crippen molar-refractivity contribution in [2.75, 3.05) is 19.6 Å². The van der Waals surface area contributed by atoms with E-state index in [1.165, 1.54) is 5.56 Å².